The van der Waals surface area contributed by atoms with Crippen LogP contribution in [0.4, 0.5) is 0 Å². The van der Waals surface area contributed by atoms with Crippen LogP contribution >= 0.6 is 11.6 Å². The number of hydrogen-bond donors (Lipinski definition) is 1. The molecule has 24 heavy (non-hydrogen) atoms. The van der Waals surface area contributed by atoms with Crippen molar-refractivity contribution in [3.63, 3.8) is 0 Å². The molecule has 1 N–H and O–H groups in total. The van der Waals surface area contributed by atoms with Crippen molar-refractivity contribution in [3.8, 4) is 0 Å². The number of ether oxygens (including phenoxy) is 1. The van der Waals surface area contributed by atoms with Crippen molar-refractivity contribution in [2.75, 3.05) is 32.8 Å². The predicted molar refractivity (Wildman–Crippen MR) is 97.6 cm³/mol. The number of fused-ring (bicyclic) bond motifs is 1. The second-order valence-corrected chi connectivity index (χ2v) is 7.46. The molecular formula is C19H24ClN3O. The van der Waals surface area contributed by atoms with Crippen molar-refractivity contribution in [3.05, 3.63) is 40.5 Å². The first-order valence-corrected chi connectivity index (χ1v) is 9.14. The maximum Gasteiger partial charge on any atom is 0.134 e. The lowest BCUT2D eigenvalue weighted by Crippen LogP contribution is -2.66. The summed E-state index contributed by atoms with van der Waals surface area (Å²) in [5.74, 6) is 0. The van der Waals surface area contributed by atoms with Crippen LogP contribution in [-0.2, 0) is 11.3 Å². The Morgan fingerprint density at radius 2 is 2.08 bits per heavy atom. The van der Waals surface area contributed by atoms with Crippen molar-refractivity contribution in [2.45, 2.75) is 31.8 Å². The van der Waals surface area contributed by atoms with E-state index in [2.05, 4.69) is 46.4 Å². The molecule has 2 saturated heterocycles. The van der Waals surface area contributed by atoms with E-state index in [-0.39, 0.29) is 5.54 Å². The van der Waals surface area contributed by atoms with Gasteiger partial charge in [-0.2, -0.15) is 0 Å². The van der Waals surface area contributed by atoms with Crippen LogP contribution in [0.5, 0.6) is 0 Å². The minimum absolute atomic E-state index is 0.184. The fraction of sp³-hybridized carbons (Fsp3) is 0.526. The molecule has 5 heteroatoms. The number of halogens is 1. The summed E-state index contributed by atoms with van der Waals surface area (Å²) >= 11 is 6.41. The molecule has 0 saturated carbocycles. The van der Waals surface area contributed by atoms with Crippen LogP contribution in [0.2, 0.25) is 5.15 Å². The van der Waals surface area contributed by atoms with Gasteiger partial charge in [0.25, 0.3) is 0 Å². The summed E-state index contributed by atoms with van der Waals surface area (Å²) in [5, 5.41) is 5.35. The van der Waals surface area contributed by atoms with Gasteiger partial charge in [-0.3, -0.25) is 4.90 Å². The highest BCUT2D eigenvalue weighted by atomic mass is 35.5. The van der Waals surface area contributed by atoms with Gasteiger partial charge in [-0.15, -0.1) is 0 Å². The van der Waals surface area contributed by atoms with Crippen LogP contribution in [0.25, 0.3) is 10.9 Å². The number of pyridine rings is 1. The van der Waals surface area contributed by atoms with Crippen molar-refractivity contribution >= 4 is 22.5 Å². The quantitative estimate of drug-likeness (QED) is 0.845. The van der Waals surface area contributed by atoms with Crippen LogP contribution in [0, 0.1) is 6.92 Å². The number of para-hydroxylation sites is 1. The van der Waals surface area contributed by atoms with E-state index in [9.17, 15) is 0 Å². The molecule has 2 aliphatic rings. The predicted octanol–water partition coefficient (Wildman–Crippen LogP) is 3.15. The summed E-state index contributed by atoms with van der Waals surface area (Å²) in [4.78, 5) is 7.18. The Hall–Kier alpha value is -1.20. The molecule has 0 atom stereocenters. The summed E-state index contributed by atoms with van der Waals surface area (Å²) in [7, 11) is 0. The molecule has 0 spiro atoms. The fourth-order valence-corrected chi connectivity index (χ4v) is 4.05. The molecule has 128 valence electrons. The van der Waals surface area contributed by atoms with Crippen LogP contribution in [0.15, 0.2) is 24.3 Å². The van der Waals surface area contributed by atoms with E-state index in [1.165, 1.54) is 25.9 Å². The molecule has 4 rings (SSSR count). The first kappa shape index (κ1) is 16.3. The maximum absolute atomic E-state index is 6.41. The van der Waals surface area contributed by atoms with E-state index in [4.69, 9.17) is 16.3 Å². The van der Waals surface area contributed by atoms with Gasteiger partial charge in [0.15, 0.2) is 0 Å². The number of likely N-dealkylation sites (tertiary alicyclic amines) is 1. The third-order valence-electron chi connectivity index (χ3n) is 5.36. The highest BCUT2D eigenvalue weighted by Gasteiger charge is 2.44. The topological polar surface area (TPSA) is 37.4 Å². The fourth-order valence-electron chi connectivity index (χ4n) is 3.85. The molecule has 2 aromatic rings. The largest absolute Gasteiger partial charge is 0.377 e. The number of benzene rings is 1. The Morgan fingerprint density at radius 3 is 2.79 bits per heavy atom. The van der Waals surface area contributed by atoms with Gasteiger partial charge in [0, 0.05) is 24.0 Å². The summed E-state index contributed by atoms with van der Waals surface area (Å²) in [6, 6.07) is 8.39. The van der Waals surface area contributed by atoms with E-state index in [1.54, 1.807) is 0 Å². The van der Waals surface area contributed by atoms with Gasteiger partial charge < -0.3 is 10.1 Å². The number of rotatable bonds is 5. The van der Waals surface area contributed by atoms with Gasteiger partial charge in [-0.25, -0.2) is 4.98 Å². The van der Waals surface area contributed by atoms with Gasteiger partial charge in [0.05, 0.1) is 24.3 Å². The Morgan fingerprint density at radius 1 is 1.29 bits per heavy atom. The van der Waals surface area contributed by atoms with Gasteiger partial charge in [0.1, 0.15) is 5.15 Å². The lowest BCUT2D eigenvalue weighted by Gasteiger charge is -2.48. The van der Waals surface area contributed by atoms with E-state index < -0.39 is 0 Å². The summed E-state index contributed by atoms with van der Waals surface area (Å²) in [6.07, 6.45) is 2.61. The zero-order valence-electron chi connectivity index (χ0n) is 14.1. The van der Waals surface area contributed by atoms with E-state index >= 15 is 0 Å². The summed E-state index contributed by atoms with van der Waals surface area (Å²) in [5.41, 5.74) is 3.40. The molecule has 1 aromatic heterocycles. The number of hydrogen-bond acceptors (Lipinski definition) is 4. The van der Waals surface area contributed by atoms with Crippen molar-refractivity contribution in [2.24, 2.45) is 0 Å². The third-order valence-corrected chi connectivity index (χ3v) is 5.69. The van der Waals surface area contributed by atoms with Gasteiger partial charge >= 0.3 is 0 Å². The highest BCUT2D eigenvalue weighted by Crippen LogP contribution is 2.29. The van der Waals surface area contributed by atoms with Gasteiger partial charge in [-0.1, -0.05) is 29.8 Å². The van der Waals surface area contributed by atoms with E-state index in [0.29, 0.717) is 5.15 Å². The minimum atomic E-state index is 0.184. The van der Waals surface area contributed by atoms with Crippen molar-refractivity contribution in [1.29, 1.82) is 0 Å². The summed E-state index contributed by atoms with van der Waals surface area (Å²) in [6.45, 7) is 7.82. The first-order valence-electron chi connectivity index (χ1n) is 8.76. The lowest BCUT2D eigenvalue weighted by atomic mass is 9.95. The van der Waals surface area contributed by atoms with Crippen LogP contribution in [0.3, 0.4) is 0 Å². The molecule has 2 fully saturated rings. The normalized spacial score (nSPS) is 20.4. The maximum atomic E-state index is 6.41. The standard InChI is InChI=1S/C19H24ClN3O/c1-14-5-4-6-15-9-16(18(20)22-17(14)15)10-21-11-19(12-24-13-19)23-7-2-3-8-23/h4-6,9,21H,2-3,7-8,10-13H2,1H3. The molecule has 0 radical (unpaired) electrons. The number of aromatic nitrogens is 1. The van der Waals surface area contributed by atoms with Gasteiger partial charge in [-0.05, 0) is 44.5 Å². The lowest BCUT2D eigenvalue weighted by molar-refractivity contribution is -0.131. The smallest absolute Gasteiger partial charge is 0.134 e. The SMILES string of the molecule is Cc1cccc2cc(CNCC3(N4CCCC4)COC3)c(Cl)nc12. The average Bonchev–Trinajstić information content (AvgIpc) is 3.06. The third kappa shape index (κ3) is 2.93. The molecule has 3 heterocycles. The molecule has 0 amide bonds. The summed E-state index contributed by atoms with van der Waals surface area (Å²) < 4.78 is 5.53. The Labute approximate surface area is 148 Å². The van der Waals surface area contributed by atoms with Crippen LogP contribution in [0.1, 0.15) is 24.0 Å². The highest BCUT2D eigenvalue weighted by molar-refractivity contribution is 6.30. The molecule has 0 aliphatic carbocycles. The monoisotopic (exact) mass is 345 g/mol. The van der Waals surface area contributed by atoms with Gasteiger partial charge in [0.2, 0.25) is 0 Å². The zero-order chi connectivity index (χ0) is 16.6. The molecule has 0 bridgehead atoms. The Bertz CT molecular complexity index is 739. The second-order valence-electron chi connectivity index (χ2n) is 7.10. The first-order chi connectivity index (χ1) is 11.7. The molecule has 1 aromatic carbocycles. The van der Waals surface area contributed by atoms with Crippen LogP contribution < -0.4 is 5.32 Å². The molecule has 2 aliphatic heterocycles. The molecule has 4 nitrogen and oxygen atoms in total. The molecule has 0 unspecified atom stereocenters. The zero-order valence-corrected chi connectivity index (χ0v) is 14.9. The van der Waals surface area contributed by atoms with Crippen molar-refractivity contribution in [1.82, 2.24) is 15.2 Å². The van der Waals surface area contributed by atoms with Crippen LogP contribution in [-0.4, -0.2) is 48.3 Å². The van der Waals surface area contributed by atoms with E-state index in [0.717, 1.165) is 48.3 Å². The van der Waals surface area contributed by atoms with Crippen molar-refractivity contribution < 1.29 is 4.74 Å². The second kappa shape index (κ2) is 6.60. The molecular weight excluding hydrogens is 322 g/mol. The Balaban J connectivity index is 1.46. The number of aryl methyl sites for hydroxylation is 1. The Kier molecular flexibility index (Phi) is 4.48. The number of nitrogens with one attached hydrogen (secondary N) is 1. The average molecular weight is 346 g/mol. The van der Waals surface area contributed by atoms with E-state index in [1.807, 2.05) is 0 Å². The minimum Gasteiger partial charge on any atom is -0.377 e. The number of nitrogens with zero attached hydrogens (tertiary/aromatic N) is 2.